The summed E-state index contributed by atoms with van der Waals surface area (Å²) in [4.78, 5) is 10.4. The fourth-order valence-corrected chi connectivity index (χ4v) is 3.99. The molecule has 2 bridgehead atoms. The third-order valence-electron chi connectivity index (χ3n) is 5.82. The summed E-state index contributed by atoms with van der Waals surface area (Å²) >= 11 is 0. The Morgan fingerprint density at radius 1 is 1.33 bits per heavy atom. The van der Waals surface area contributed by atoms with Crippen LogP contribution < -0.4 is 0 Å². The number of carboxylic acid groups (broad SMARTS) is 1. The molecule has 3 atom stereocenters. The highest BCUT2D eigenvalue weighted by Crippen LogP contribution is 2.66. The van der Waals surface area contributed by atoms with Gasteiger partial charge >= 0.3 is 5.97 Å². The average molecular weight is 254 g/mol. The maximum absolute atomic E-state index is 10.4. The Labute approximate surface area is 110 Å². The number of rotatable bonds is 6. The van der Waals surface area contributed by atoms with Crippen molar-refractivity contribution in [2.24, 2.45) is 16.7 Å². The molecule has 0 radical (unpaired) electrons. The van der Waals surface area contributed by atoms with Gasteiger partial charge in [0, 0.05) is 13.0 Å². The van der Waals surface area contributed by atoms with E-state index in [1.165, 1.54) is 19.3 Å². The van der Waals surface area contributed by atoms with E-state index < -0.39 is 5.97 Å². The molecule has 0 amide bonds. The van der Waals surface area contributed by atoms with Crippen LogP contribution in [-0.2, 0) is 9.53 Å². The van der Waals surface area contributed by atoms with Crippen molar-refractivity contribution < 1.29 is 14.6 Å². The van der Waals surface area contributed by atoms with Crippen LogP contribution in [-0.4, -0.2) is 23.8 Å². The first-order valence-corrected chi connectivity index (χ1v) is 7.21. The van der Waals surface area contributed by atoms with Gasteiger partial charge in [0.25, 0.3) is 0 Å². The average Bonchev–Trinajstić information content (AvgIpc) is 2.61. The van der Waals surface area contributed by atoms with E-state index in [0.29, 0.717) is 16.9 Å². The Morgan fingerprint density at radius 3 is 2.56 bits per heavy atom. The third kappa shape index (κ3) is 2.18. The van der Waals surface area contributed by atoms with Gasteiger partial charge < -0.3 is 9.84 Å². The second-order valence-electron chi connectivity index (χ2n) is 6.82. The Bertz CT molecular complexity index is 324. The van der Waals surface area contributed by atoms with Gasteiger partial charge in [-0.15, -0.1) is 0 Å². The van der Waals surface area contributed by atoms with E-state index in [0.717, 1.165) is 25.4 Å². The fourth-order valence-electron chi connectivity index (χ4n) is 3.99. The SMILES string of the molecule is CC1(C)C2CCC1(C)C(OCCCCC(=O)O)C2. The lowest BCUT2D eigenvalue weighted by Gasteiger charge is -2.38. The molecule has 104 valence electrons. The van der Waals surface area contributed by atoms with E-state index in [-0.39, 0.29) is 6.42 Å². The smallest absolute Gasteiger partial charge is 0.303 e. The van der Waals surface area contributed by atoms with Gasteiger partial charge in [-0.3, -0.25) is 4.79 Å². The van der Waals surface area contributed by atoms with Crippen LogP contribution in [0.1, 0.15) is 59.3 Å². The van der Waals surface area contributed by atoms with Crippen LogP contribution in [0.4, 0.5) is 0 Å². The van der Waals surface area contributed by atoms with Gasteiger partial charge in [0.05, 0.1) is 6.10 Å². The molecule has 0 saturated heterocycles. The summed E-state index contributed by atoms with van der Waals surface area (Å²) in [6, 6.07) is 0. The Hall–Kier alpha value is -0.570. The van der Waals surface area contributed by atoms with Crippen LogP contribution in [0.2, 0.25) is 0 Å². The van der Waals surface area contributed by atoms with Crippen molar-refractivity contribution in [3.63, 3.8) is 0 Å². The molecule has 3 heteroatoms. The molecular weight excluding hydrogens is 228 g/mol. The topological polar surface area (TPSA) is 46.5 Å². The third-order valence-corrected chi connectivity index (χ3v) is 5.82. The quantitative estimate of drug-likeness (QED) is 0.738. The van der Waals surface area contributed by atoms with E-state index in [1.807, 2.05) is 0 Å². The first-order chi connectivity index (χ1) is 8.38. The van der Waals surface area contributed by atoms with Crippen molar-refractivity contribution in [1.82, 2.24) is 0 Å². The Kier molecular flexibility index (Phi) is 3.72. The van der Waals surface area contributed by atoms with Crippen LogP contribution in [0.25, 0.3) is 0 Å². The van der Waals surface area contributed by atoms with E-state index >= 15 is 0 Å². The van der Waals surface area contributed by atoms with Crippen molar-refractivity contribution in [1.29, 1.82) is 0 Å². The van der Waals surface area contributed by atoms with Crippen molar-refractivity contribution in [2.75, 3.05) is 6.61 Å². The summed E-state index contributed by atoms with van der Waals surface area (Å²) in [6.07, 6.45) is 6.07. The second kappa shape index (κ2) is 4.84. The number of unbranched alkanes of at least 4 members (excludes halogenated alkanes) is 1. The van der Waals surface area contributed by atoms with Crippen LogP contribution in [0.3, 0.4) is 0 Å². The van der Waals surface area contributed by atoms with Crippen molar-refractivity contribution >= 4 is 5.97 Å². The number of fused-ring (bicyclic) bond motifs is 2. The molecule has 2 rings (SSSR count). The monoisotopic (exact) mass is 254 g/mol. The summed E-state index contributed by atoms with van der Waals surface area (Å²) in [5.74, 6) is 0.106. The lowest BCUT2D eigenvalue weighted by Crippen LogP contribution is -2.37. The summed E-state index contributed by atoms with van der Waals surface area (Å²) in [5.41, 5.74) is 0.725. The van der Waals surface area contributed by atoms with Gasteiger partial charge in [0.2, 0.25) is 0 Å². The summed E-state index contributed by atoms with van der Waals surface area (Å²) in [7, 11) is 0. The minimum atomic E-state index is -0.706. The standard InChI is InChI=1S/C15H26O3/c1-14(2)11-7-8-15(14,3)12(10-11)18-9-5-4-6-13(16)17/h11-12H,4-10H2,1-3H3,(H,16,17). The van der Waals surface area contributed by atoms with E-state index in [1.54, 1.807) is 0 Å². The lowest BCUT2D eigenvalue weighted by molar-refractivity contribution is -0.137. The fraction of sp³-hybridized carbons (Fsp3) is 0.933. The summed E-state index contributed by atoms with van der Waals surface area (Å²) < 4.78 is 6.06. The van der Waals surface area contributed by atoms with Crippen LogP contribution in [0.5, 0.6) is 0 Å². The summed E-state index contributed by atoms with van der Waals surface area (Å²) in [6.45, 7) is 7.87. The molecule has 0 aromatic rings. The zero-order valence-corrected chi connectivity index (χ0v) is 11.9. The highest BCUT2D eigenvalue weighted by Gasteiger charge is 2.61. The van der Waals surface area contributed by atoms with Crippen LogP contribution in [0.15, 0.2) is 0 Å². The lowest BCUT2D eigenvalue weighted by atomic mass is 9.70. The molecule has 2 aliphatic carbocycles. The second-order valence-corrected chi connectivity index (χ2v) is 6.82. The Morgan fingerprint density at radius 2 is 2.06 bits per heavy atom. The highest BCUT2D eigenvalue weighted by atomic mass is 16.5. The largest absolute Gasteiger partial charge is 0.481 e. The number of carboxylic acids is 1. The van der Waals surface area contributed by atoms with Crippen LogP contribution in [0, 0.1) is 16.7 Å². The molecule has 2 fully saturated rings. The van der Waals surface area contributed by atoms with E-state index in [2.05, 4.69) is 20.8 Å². The Balaban J connectivity index is 1.77. The first kappa shape index (κ1) is 13.9. The van der Waals surface area contributed by atoms with Gasteiger partial charge in [0.1, 0.15) is 0 Å². The summed E-state index contributed by atoms with van der Waals surface area (Å²) in [5, 5.41) is 8.58. The maximum Gasteiger partial charge on any atom is 0.303 e. The number of ether oxygens (including phenoxy) is 1. The molecule has 0 aromatic carbocycles. The number of aliphatic carboxylic acids is 1. The maximum atomic E-state index is 10.4. The first-order valence-electron chi connectivity index (χ1n) is 7.21. The number of hydrogen-bond donors (Lipinski definition) is 1. The normalized spacial score (nSPS) is 37.1. The molecule has 0 aliphatic heterocycles. The molecule has 0 aromatic heterocycles. The van der Waals surface area contributed by atoms with Gasteiger partial charge in [-0.1, -0.05) is 20.8 Å². The highest BCUT2D eigenvalue weighted by molar-refractivity contribution is 5.66. The van der Waals surface area contributed by atoms with Crippen molar-refractivity contribution in [3.05, 3.63) is 0 Å². The van der Waals surface area contributed by atoms with Crippen LogP contribution >= 0.6 is 0 Å². The van der Waals surface area contributed by atoms with Crippen molar-refractivity contribution in [3.8, 4) is 0 Å². The zero-order valence-electron chi connectivity index (χ0n) is 11.9. The minimum Gasteiger partial charge on any atom is -0.481 e. The molecule has 2 saturated carbocycles. The molecule has 0 heterocycles. The molecular formula is C15H26O3. The minimum absolute atomic E-state index is 0.263. The van der Waals surface area contributed by atoms with Gasteiger partial charge in [0.15, 0.2) is 0 Å². The predicted molar refractivity (Wildman–Crippen MR) is 70.5 cm³/mol. The zero-order chi connectivity index (χ0) is 13.4. The number of carbonyl (C=O) groups is 1. The molecule has 0 spiro atoms. The van der Waals surface area contributed by atoms with E-state index in [9.17, 15) is 4.79 Å². The van der Waals surface area contributed by atoms with Gasteiger partial charge in [-0.05, 0) is 48.9 Å². The molecule has 1 N–H and O–H groups in total. The molecule has 2 aliphatic rings. The predicted octanol–water partition coefficient (Wildman–Crippen LogP) is 3.47. The van der Waals surface area contributed by atoms with E-state index in [4.69, 9.17) is 9.84 Å². The van der Waals surface area contributed by atoms with Crippen molar-refractivity contribution in [2.45, 2.75) is 65.4 Å². The molecule has 3 unspecified atom stereocenters. The van der Waals surface area contributed by atoms with Gasteiger partial charge in [-0.25, -0.2) is 0 Å². The molecule has 3 nitrogen and oxygen atoms in total. The number of hydrogen-bond acceptors (Lipinski definition) is 2. The molecule has 18 heavy (non-hydrogen) atoms. The van der Waals surface area contributed by atoms with Gasteiger partial charge in [-0.2, -0.15) is 0 Å².